The maximum absolute atomic E-state index is 12.4. The van der Waals surface area contributed by atoms with Crippen molar-refractivity contribution in [3.05, 3.63) is 64.2 Å². The Labute approximate surface area is 191 Å². The zero-order valence-corrected chi connectivity index (χ0v) is 20.0. The van der Waals surface area contributed by atoms with Gasteiger partial charge in [0.15, 0.2) is 0 Å². The van der Waals surface area contributed by atoms with Gasteiger partial charge < -0.3 is 9.84 Å². The van der Waals surface area contributed by atoms with Gasteiger partial charge >= 0.3 is 5.97 Å². The molecule has 0 saturated carbocycles. The second-order valence-corrected chi connectivity index (χ2v) is 10.2. The van der Waals surface area contributed by atoms with Crippen LogP contribution >= 0.6 is 11.6 Å². The van der Waals surface area contributed by atoms with Gasteiger partial charge in [-0.05, 0) is 108 Å². The molecule has 2 aromatic rings. The number of aromatic hydroxyl groups is 1. The number of rotatable bonds is 7. The average molecular weight is 444 g/mol. The summed E-state index contributed by atoms with van der Waals surface area (Å²) in [5.41, 5.74) is 3.25. The number of esters is 1. The zero-order valence-electron chi connectivity index (χ0n) is 19.2. The van der Waals surface area contributed by atoms with Crippen molar-refractivity contribution in [2.24, 2.45) is 0 Å². The number of likely N-dealkylation sites (N-methyl/N-ethyl adjacent to an activating group) is 1. The maximum atomic E-state index is 12.4. The molecule has 31 heavy (non-hydrogen) atoms. The fourth-order valence-electron chi connectivity index (χ4n) is 4.59. The summed E-state index contributed by atoms with van der Waals surface area (Å²) in [5.74, 6) is 0.0863. The second kappa shape index (κ2) is 9.22. The average Bonchev–Trinajstić information content (AvgIpc) is 3.05. The molecule has 0 saturated heterocycles. The molecule has 0 fully saturated rings. The zero-order chi connectivity index (χ0) is 22.8. The smallest absolute Gasteiger partial charge is 0.323 e. The molecule has 0 aromatic heterocycles. The van der Waals surface area contributed by atoms with Crippen LogP contribution in [0.2, 0.25) is 5.02 Å². The molecule has 0 radical (unpaired) electrons. The summed E-state index contributed by atoms with van der Waals surface area (Å²) in [6.07, 6.45) is 3.89. The number of phenolic OH excluding ortho intramolecular Hbond substituents is 1. The van der Waals surface area contributed by atoms with Crippen LogP contribution in [0.5, 0.6) is 5.75 Å². The van der Waals surface area contributed by atoms with Gasteiger partial charge in [0.1, 0.15) is 17.4 Å². The number of hydrogen-bond donors (Lipinski definition) is 1. The van der Waals surface area contributed by atoms with E-state index in [0.717, 1.165) is 37.3 Å². The number of aryl methyl sites for hydroxylation is 1. The van der Waals surface area contributed by atoms with Crippen LogP contribution in [-0.4, -0.2) is 41.2 Å². The van der Waals surface area contributed by atoms with E-state index >= 15 is 0 Å². The van der Waals surface area contributed by atoms with Crippen molar-refractivity contribution < 1.29 is 14.6 Å². The lowest BCUT2D eigenvalue weighted by molar-refractivity contribution is -0.160. The van der Waals surface area contributed by atoms with E-state index in [1.165, 1.54) is 16.7 Å². The first-order valence-electron chi connectivity index (χ1n) is 11.0. The predicted molar refractivity (Wildman–Crippen MR) is 126 cm³/mol. The quantitative estimate of drug-likeness (QED) is 0.556. The lowest BCUT2D eigenvalue weighted by Gasteiger charge is -2.33. The third kappa shape index (κ3) is 5.42. The molecule has 0 amide bonds. The van der Waals surface area contributed by atoms with Crippen LogP contribution in [-0.2, 0) is 21.4 Å². The van der Waals surface area contributed by atoms with Crippen molar-refractivity contribution in [3.8, 4) is 5.75 Å². The van der Waals surface area contributed by atoms with Crippen LogP contribution in [0.1, 0.15) is 63.6 Å². The summed E-state index contributed by atoms with van der Waals surface area (Å²) in [6.45, 7) is 8.37. The summed E-state index contributed by atoms with van der Waals surface area (Å²) < 4.78 is 5.54. The highest BCUT2D eigenvalue weighted by atomic mass is 35.5. The van der Waals surface area contributed by atoms with Gasteiger partial charge in [0.2, 0.25) is 0 Å². The molecule has 0 bridgehead atoms. The summed E-state index contributed by atoms with van der Waals surface area (Å²) >= 11 is 6.26. The van der Waals surface area contributed by atoms with E-state index in [1.54, 1.807) is 12.1 Å². The van der Waals surface area contributed by atoms with Crippen LogP contribution in [0.25, 0.3) is 0 Å². The first-order valence-corrected chi connectivity index (χ1v) is 11.4. The van der Waals surface area contributed by atoms with Crippen LogP contribution in [0.4, 0.5) is 0 Å². The minimum absolute atomic E-state index is 0.108. The van der Waals surface area contributed by atoms with Gasteiger partial charge in [-0.15, -0.1) is 0 Å². The summed E-state index contributed by atoms with van der Waals surface area (Å²) in [7, 11) is 1.98. The van der Waals surface area contributed by atoms with Crippen molar-refractivity contribution in [3.63, 3.8) is 0 Å². The molecule has 1 aliphatic carbocycles. The SMILES string of the molecule is C[C@@H](C(=O)OC(C)(C)C)N(C)CCCC1(c2ccc(O)cc2)CCc2cc(Cl)ccc21. The van der Waals surface area contributed by atoms with E-state index in [2.05, 4.69) is 17.0 Å². The predicted octanol–water partition coefficient (Wildman–Crippen LogP) is 5.72. The number of carbonyl (C=O) groups excluding carboxylic acids is 1. The Morgan fingerprint density at radius 2 is 1.90 bits per heavy atom. The first-order chi connectivity index (χ1) is 14.5. The standard InChI is InChI=1S/C26H34ClNO3/c1-18(24(30)31-25(2,3)4)28(5)16-6-14-26(20-7-10-22(29)11-8-20)15-13-19-17-21(27)9-12-23(19)26/h7-12,17-18,29H,6,13-16H2,1-5H3/t18-,26?/m0/s1. The highest BCUT2D eigenvalue weighted by molar-refractivity contribution is 6.30. The van der Waals surface area contributed by atoms with Gasteiger partial charge in [-0.25, -0.2) is 0 Å². The number of halogens is 1. The van der Waals surface area contributed by atoms with Crippen molar-refractivity contribution in [2.45, 2.75) is 70.4 Å². The van der Waals surface area contributed by atoms with E-state index in [-0.39, 0.29) is 23.2 Å². The lowest BCUT2D eigenvalue weighted by atomic mass is 9.72. The van der Waals surface area contributed by atoms with E-state index in [0.29, 0.717) is 0 Å². The van der Waals surface area contributed by atoms with E-state index in [9.17, 15) is 9.90 Å². The van der Waals surface area contributed by atoms with Crippen molar-refractivity contribution in [1.82, 2.24) is 4.90 Å². The lowest BCUT2D eigenvalue weighted by Crippen LogP contribution is -2.41. The fourth-order valence-corrected chi connectivity index (χ4v) is 4.79. The Kier molecular flexibility index (Phi) is 7.02. The number of benzene rings is 2. The molecule has 0 heterocycles. The Bertz CT molecular complexity index is 919. The van der Waals surface area contributed by atoms with Gasteiger partial charge in [0, 0.05) is 10.4 Å². The molecule has 2 atom stereocenters. The van der Waals surface area contributed by atoms with Crippen LogP contribution in [0.15, 0.2) is 42.5 Å². The fraction of sp³-hybridized carbons (Fsp3) is 0.500. The highest BCUT2D eigenvalue weighted by Gasteiger charge is 2.40. The summed E-state index contributed by atoms with van der Waals surface area (Å²) in [5, 5.41) is 10.6. The molecule has 0 aliphatic heterocycles. The van der Waals surface area contributed by atoms with Crippen LogP contribution in [0.3, 0.4) is 0 Å². The number of carbonyl (C=O) groups is 1. The molecular weight excluding hydrogens is 410 g/mol. The Hall–Kier alpha value is -2.04. The van der Waals surface area contributed by atoms with Gasteiger partial charge in [0.05, 0.1) is 0 Å². The van der Waals surface area contributed by atoms with Crippen LogP contribution < -0.4 is 0 Å². The second-order valence-electron chi connectivity index (χ2n) is 9.72. The summed E-state index contributed by atoms with van der Waals surface area (Å²) in [4.78, 5) is 14.5. The molecular formula is C26H34ClNO3. The van der Waals surface area contributed by atoms with Gasteiger partial charge in [0.25, 0.3) is 0 Å². The molecule has 1 unspecified atom stereocenters. The molecule has 168 valence electrons. The van der Waals surface area contributed by atoms with Crippen molar-refractivity contribution in [1.29, 1.82) is 0 Å². The number of nitrogens with zero attached hydrogens (tertiary/aromatic N) is 1. The minimum atomic E-state index is -0.482. The topological polar surface area (TPSA) is 49.8 Å². The number of hydrogen-bond acceptors (Lipinski definition) is 4. The molecule has 1 N–H and O–H groups in total. The van der Waals surface area contributed by atoms with Crippen molar-refractivity contribution in [2.75, 3.05) is 13.6 Å². The van der Waals surface area contributed by atoms with Gasteiger partial charge in [-0.1, -0.05) is 29.8 Å². The number of ether oxygens (including phenoxy) is 1. The monoisotopic (exact) mass is 443 g/mol. The van der Waals surface area contributed by atoms with E-state index < -0.39 is 5.60 Å². The van der Waals surface area contributed by atoms with Crippen LogP contribution in [0, 0.1) is 0 Å². The Balaban J connectivity index is 1.76. The Morgan fingerprint density at radius 3 is 2.55 bits per heavy atom. The minimum Gasteiger partial charge on any atom is -0.508 e. The molecule has 0 spiro atoms. The van der Waals surface area contributed by atoms with E-state index in [4.69, 9.17) is 16.3 Å². The molecule has 5 heteroatoms. The maximum Gasteiger partial charge on any atom is 0.323 e. The molecule has 1 aliphatic rings. The van der Waals surface area contributed by atoms with E-state index in [1.807, 2.05) is 52.9 Å². The summed E-state index contributed by atoms with van der Waals surface area (Å²) in [6, 6.07) is 13.5. The molecule has 2 aromatic carbocycles. The van der Waals surface area contributed by atoms with Gasteiger partial charge in [-0.3, -0.25) is 9.69 Å². The number of fused-ring (bicyclic) bond motifs is 1. The third-order valence-corrected chi connectivity index (χ3v) is 6.58. The first kappa shape index (κ1) is 23.6. The molecule has 3 rings (SSSR count). The third-order valence-electron chi connectivity index (χ3n) is 6.35. The normalized spacial score (nSPS) is 19.3. The number of phenols is 1. The van der Waals surface area contributed by atoms with Gasteiger partial charge in [-0.2, -0.15) is 0 Å². The van der Waals surface area contributed by atoms with Crippen molar-refractivity contribution >= 4 is 17.6 Å². The largest absolute Gasteiger partial charge is 0.508 e. The highest BCUT2D eigenvalue weighted by Crippen LogP contribution is 2.48. The Morgan fingerprint density at radius 1 is 1.23 bits per heavy atom. The molecule has 4 nitrogen and oxygen atoms in total.